The molecule has 0 aliphatic carbocycles. The monoisotopic (exact) mass is 536 g/mol. The second kappa shape index (κ2) is 16.6. The fourth-order valence-electron chi connectivity index (χ4n) is 5.41. The van der Waals surface area contributed by atoms with Crippen LogP contribution in [0, 0.1) is 27.7 Å². The van der Waals surface area contributed by atoms with Gasteiger partial charge in [-0.05, 0) is 77.3 Å². The van der Waals surface area contributed by atoms with Gasteiger partial charge in [-0.25, -0.2) is 0 Å². The molecule has 3 nitrogen and oxygen atoms in total. The molecule has 3 fully saturated rings. The average Bonchev–Trinajstić information content (AvgIpc) is 3.73. The molecule has 204 valence electrons. The third-order valence-electron chi connectivity index (χ3n) is 7.23. The molecule has 3 aliphatic rings. The standard InChI is InChI=1S/C22H21Si.3C4H8O.Li/c1-13-8-14(2)11-17(10-13)18-6-5-7-19-20-12-15(3)9-16(4)21(20)23-22(18)19;3*1-2-4-5-3-1;/h5-12,23H,1-4H3;3*1-4H2;/q-1;;;;+1. The Morgan fingerprint density at radius 2 is 1.03 bits per heavy atom. The number of benzene rings is 3. The van der Waals surface area contributed by atoms with Crippen LogP contribution in [0.5, 0.6) is 0 Å². The maximum Gasteiger partial charge on any atom is 1.00 e. The van der Waals surface area contributed by atoms with Crippen LogP contribution in [0.3, 0.4) is 0 Å². The molecular formula is C34H45LiO3Si. The van der Waals surface area contributed by atoms with Crippen molar-refractivity contribution >= 4 is 29.9 Å². The van der Waals surface area contributed by atoms with E-state index in [4.69, 9.17) is 14.2 Å². The quantitative estimate of drug-likeness (QED) is 0.318. The van der Waals surface area contributed by atoms with Crippen molar-refractivity contribution < 1.29 is 33.1 Å². The maximum absolute atomic E-state index is 4.94. The Morgan fingerprint density at radius 3 is 1.49 bits per heavy atom. The predicted molar refractivity (Wildman–Crippen MR) is 164 cm³/mol. The molecule has 0 saturated carbocycles. The van der Waals surface area contributed by atoms with Crippen molar-refractivity contribution in [2.24, 2.45) is 0 Å². The molecule has 7 rings (SSSR count). The summed E-state index contributed by atoms with van der Waals surface area (Å²) in [7, 11) is 0.181. The molecule has 0 amide bonds. The Hall–Kier alpha value is -1.65. The first-order valence-corrected chi connectivity index (χ1v) is 15.6. The van der Waals surface area contributed by atoms with E-state index in [1.165, 1.54) is 82.7 Å². The van der Waals surface area contributed by atoms with Gasteiger partial charge in [0.25, 0.3) is 0 Å². The van der Waals surface area contributed by atoms with Crippen molar-refractivity contribution in [1.82, 2.24) is 0 Å². The molecule has 1 aromatic heterocycles. The summed E-state index contributed by atoms with van der Waals surface area (Å²) in [4.78, 5) is 3.16. The van der Waals surface area contributed by atoms with Crippen LogP contribution in [0.25, 0.3) is 31.9 Å². The van der Waals surface area contributed by atoms with Gasteiger partial charge in [0.2, 0.25) is 0 Å². The summed E-state index contributed by atoms with van der Waals surface area (Å²) < 4.78 is 14.8. The minimum Gasteiger partial charge on any atom is -0.381 e. The van der Waals surface area contributed by atoms with Crippen LogP contribution in [0.2, 0.25) is 0 Å². The predicted octanol–water partition coefficient (Wildman–Crippen LogP) is 5.08. The molecule has 0 atom stereocenters. The minimum absolute atomic E-state index is 0. The Morgan fingerprint density at radius 1 is 0.538 bits per heavy atom. The summed E-state index contributed by atoms with van der Waals surface area (Å²) in [6, 6.07) is 18.4. The summed E-state index contributed by atoms with van der Waals surface area (Å²) in [5.74, 6) is 0. The van der Waals surface area contributed by atoms with Crippen LogP contribution < -0.4 is 18.9 Å². The molecule has 3 aromatic carbocycles. The van der Waals surface area contributed by atoms with E-state index in [0.29, 0.717) is 0 Å². The van der Waals surface area contributed by atoms with Gasteiger partial charge in [-0.15, -0.1) is 0 Å². The molecule has 3 aliphatic heterocycles. The van der Waals surface area contributed by atoms with E-state index in [9.17, 15) is 0 Å². The maximum atomic E-state index is 4.94. The Labute approximate surface area is 249 Å². The van der Waals surface area contributed by atoms with E-state index in [-0.39, 0.29) is 28.0 Å². The summed E-state index contributed by atoms with van der Waals surface area (Å²) in [6.45, 7) is 14.8. The number of hydrogen-bond acceptors (Lipinski definition) is 3. The fourth-order valence-corrected chi connectivity index (χ4v) is 7.23. The molecule has 4 heterocycles. The number of aryl methyl sites for hydroxylation is 4. The first-order valence-electron chi connectivity index (χ1n) is 14.4. The summed E-state index contributed by atoms with van der Waals surface area (Å²) in [6.07, 6.45) is 7.67. The molecule has 5 heteroatoms. The van der Waals surface area contributed by atoms with Crippen LogP contribution in [0.1, 0.15) is 60.8 Å². The molecule has 0 spiro atoms. The molecule has 39 heavy (non-hydrogen) atoms. The first kappa shape index (κ1) is 31.9. The molecule has 0 N–H and O–H groups in total. The Kier molecular flexibility index (Phi) is 13.5. The number of rotatable bonds is 1. The molecule has 3 saturated heterocycles. The zero-order valence-corrected chi connectivity index (χ0v) is 26.1. The number of ether oxygens (including phenoxy) is 3. The SMILES string of the molecule is C1CCOC1.C1CCOC1.C1CCOC1.Cc1cc(C)cc(-c2cccc3c2[siH-]c2c(C)cc(C)cc23)c1.[Li+]. The van der Waals surface area contributed by atoms with Gasteiger partial charge in [0.15, 0.2) is 0 Å². The van der Waals surface area contributed by atoms with Crippen LogP contribution in [-0.2, 0) is 14.2 Å². The Bertz CT molecular complexity index is 1230. The van der Waals surface area contributed by atoms with E-state index >= 15 is 0 Å². The van der Waals surface area contributed by atoms with Crippen molar-refractivity contribution in [3.8, 4) is 11.1 Å². The molecule has 0 bridgehead atoms. The van der Waals surface area contributed by atoms with E-state index in [2.05, 4.69) is 76.2 Å². The van der Waals surface area contributed by atoms with Crippen molar-refractivity contribution in [3.63, 3.8) is 0 Å². The second-order valence-corrected chi connectivity index (χ2v) is 12.2. The zero-order chi connectivity index (χ0) is 26.7. The van der Waals surface area contributed by atoms with Gasteiger partial charge < -0.3 is 14.2 Å². The normalized spacial score (nSPS) is 16.0. The first-order chi connectivity index (χ1) is 18.5. The molecule has 0 unspecified atom stereocenters. The fraction of sp³-hybridized carbons (Fsp3) is 0.471. The third-order valence-corrected chi connectivity index (χ3v) is 9.20. The van der Waals surface area contributed by atoms with Crippen LogP contribution in [0.4, 0.5) is 0 Å². The largest absolute Gasteiger partial charge is 1.00 e. The van der Waals surface area contributed by atoms with E-state index in [1.807, 2.05) is 0 Å². The van der Waals surface area contributed by atoms with Crippen LogP contribution in [0.15, 0.2) is 48.5 Å². The number of fused-ring (bicyclic) bond motifs is 3. The summed E-state index contributed by atoms with van der Waals surface area (Å²) in [5.41, 5.74) is 8.31. The van der Waals surface area contributed by atoms with Crippen molar-refractivity contribution in [1.29, 1.82) is 0 Å². The van der Waals surface area contributed by atoms with Crippen LogP contribution >= 0.6 is 0 Å². The van der Waals surface area contributed by atoms with Crippen molar-refractivity contribution in [2.45, 2.75) is 66.2 Å². The smallest absolute Gasteiger partial charge is 0.381 e. The topological polar surface area (TPSA) is 27.7 Å². The zero-order valence-electron chi connectivity index (χ0n) is 24.9. The van der Waals surface area contributed by atoms with Gasteiger partial charge in [-0.3, -0.25) is 9.12 Å². The van der Waals surface area contributed by atoms with Crippen molar-refractivity contribution in [3.05, 3.63) is 70.8 Å². The van der Waals surface area contributed by atoms with E-state index < -0.39 is 0 Å². The van der Waals surface area contributed by atoms with E-state index in [1.54, 1.807) is 9.99 Å². The molecular weight excluding hydrogens is 491 g/mol. The summed E-state index contributed by atoms with van der Waals surface area (Å²) >= 11 is 0. The van der Waals surface area contributed by atoms with Gasteiger partial charge in [0.05, 0.1) is 0 Å². The number of hydrogen-bond donors (Lipinski definition) is 0. The van der Waals surface area contributed by atoms with Gasteiger partial charge in [-0.2, -0.15) is 9.99 Å². The third kappa shape index (κ3) is 9.46. The van der Waals surface area contributed by atoms with Crippen LogP contribution in [-0.4, -0.2) is 48.8 Å². The van der Waals surface area contributed by atoms with Gasteiger partial charge >= 0.3 is 18.9 Å². The minimum atomic E-state index is 0. The summed E-state index contributed by atoms with van der Waals surface area (Å²) in [5, 5.41) is 2.93. The molecule has 0 radical (unpaired) electrons. The van der Waals surface area contributed by atoms with E-state index in [0.717, 1.165) is 39.6 Å². The molecule has 4 aromatic rings. The Balaban J connectivity index is 0.000000212. The van der Waals surface area contributed by atoms with Gasteiger partial charge in [0.1, 0.15) is 0 Å². The van der Waals surface area contributed by atoms with Gasteiger partial charge in [-0.1, -0.05) is 81.6 Å². The van der Waals surface area contributed by atoms with Gasteiger partial charge in [0, 0.05) is 39.6 Å². The second-order valence-electron chi connectivity index (χ2n) is 10.8. The van der Waals surface area contributed by atoms with Crippen molar-refractivity contribution in [2.75, 3.05) is 39.6 Å². The average molecular weight is 537 g/mol.